The van der Waals surface area contributed by atoms with Crippen molar-refractivity contribution in [2.45, 2.75) is 0 Å². The Kier molecular flexibility index (Phi) is 8.51. The van der Waals surface area contributed by atoms with E-state index < -0.39 is 24.6 Å². The van der Waals surface area contributed by atoms with E-state index in [1.807, 2.05) is 0 Å². The summed E-state index contributed by atoms with van der Waals surface area (Å²) in [5.74, 6) is 1.46. The lowest BCUT2D eigenvalue weighted by Crippen LogP contribution is -2.34. The Bertz CT molecular complexity index is 1190. The summed E-state index contributed by atoms with van der Waals surface area (Å²) in [5, 5.41) is 0. The quantitative estimate of drug-likeness (QED) is 0.219. The van der Waals surface area contributed by atoms with Crippen LogP contribution >= 0.6 is 24.6 Å². The van der Waals surface area contributed by atoms with Gasteiger partial charge in [0.1, 0.15) is 17.2 Å². The van der Waals surface area contributed by atoms with Crippen LogP contribution in [0.3, 0.4) is 0 Å². The van der Waals surface area contributed by atoms with Crippen LogP contribution in [0.15, 0.2) is 77.3 Å². The summed E-state index contributed by atoms with van der Waals surface area (Å²) in [4.78, 5) is 12.5. The highest BCUT2D eigenvalue weighted by Crippen LogP contribution is 2.78. The van der Waals surface area contributed by atoms with Crippen molar-refractivity contribution >= 4 is 41.6 Å². The molecule has 3 aromatic carbocycles. The lowest BCUT2D eigenvalue weighted by Gasteiger charge is -2.43. The van der Waals surface area contributed by atoms with Crippen LogP contribution in [-0.4, -0.2) is 30.5 Å². The van der Waals surface area contributed by atoms with Gasteiger partial charge < -0.3 is 45.0 Å². The normalized spacial score (nSPS) is 19.9. The summed E-state index contributed by atoms with van der Waals surface area (Å²) in [5.41, 5.74) is 19.3. The summed E-state index contributed by atoms with van der Waals surface area (Å²) in [6.07, 6.45) is 0. The molecule has 0 bridgehead atoms. The average molecular weight is 552 g/mol. The van der Waals surface area contributed by atoms with Crippen LogP contribution < -0.4 is 31.4 Å². The van der Waals surface area contributed by atoms with Gasteiger partial charge in [0.2, 0.25) is 0 Å². The van der Waals surface area contributed by atoms with Crippen LogP contribution in [0.5, 0.6) is 17.2 Å². The van der Waals surface area contributed by atoms with Crippen LogP contribution in [0.25, 0.3) is 0 Å². The summed E-state index contributed by atoms with van der Waals surface area (Å²) in [6, 6.07) is 20.7. The lowest BCUT2D eigenvalue weighted by molar-refractivity contribution is 0.0444. The predicted molar refractivity (Wildman–Crippen MR) is 142 cm³/mol. The summed E-state index contributed by atoms with van der Waals surface area (Å²) < 4.78 is 31.5. The SMILES string of the molecule is COP1N=P(OC)(OC)N(Oc2ccc(N)cc2)P(Oc2ccc(N)cc2)N1Oc1ccc(N)cc1. The highest BCUT2D eigenvalue weighted by molar-refractivity contribution is 7.78. The molecule has 4 rings (SSSR count). The molecule has 0 amide bonds. The molecule has 192 valence electrons. The molecule has 0 saturated heterocycles. The minimum atomic E-state index is -3.22. The molecule has 0 radical (unpaired) electrons. The number of nitrogen functional groups attached to an aromatic ring is 3. The standard InChI is InChI=1S/C21H27N6O6P3/c1-28-34-25-36(29-2,30-3)27(32-20-12-6-17(23)7-13-20)35(33-21-14-8-18(24)9-15-21)26(34)31-19-10-4-16(22)5-11-19/h4-15H,22-24H2,1-3H3. The molecule has 2 unspecified atom stereocenters. The average Bonchev–Trinajstić information content (AvgIpc) is 2.90. The molecule has 0 aromatic heterocycles. The van der Waals surface area contributed by atoms with Crippen LogP contribution in [-0.2, 0) is 13.6 Å². The summed E-state index contributed by atoms with van der Waals surface area (Å²) >= 11 is 0. The van der Waals surface area contributed by atoms with Crippen LogP contribution in [0.4, 0.5) is 17.1 Å². The number of nitrogens with zero attached hydrogens (tertiary/aromatic N) is 3. The smallest absolute Gasteiger partial charge is 0.338 e. The molecule has 12 nitrogen and oxygen atoms in total. The van der Waals surface area contributed by atoms with Crippen molar-refractivity contribution in [1.29, 1.82) is 0 Å². The molecule has 0 aliphatic carbocycles. The maximum atomic E-state index is 6.42. The number of benzene rings is 3. The molecule has 1 aliphatic rings. The monoisotopic (exact) mass is 552 g/mol. The van der Waals surface area contributed by atoms with E-state index in [1.54, 1.807) is 72.8 Å². The van der Waals surface area contributed by atoms with Gasteiger partial charge in [-0.3, -0.25) is 0 Å². The van der Waals surface area contributed by atoms with Gasteiger partial charge in [0.05, 0.1) is 0 Å². The van der Waals surface area contributed by atoms with E-state index in [9.17, 15) is 0 Å². The molecule has 15 heteroatoms. The fourth-order valence-corrected chi connectivity index (χ4v) is 10.4. The van der Waals surface area contributed by atoms with E-state index in [-0.39, 0.29) is 0 Å². The largest absolute Gasteiger partial charge is 0.440 e. The molecule has 3 aromatic rings. The number of hydrogen-bond acceptors (Lipinski definition) is 12. The number of rotatable bonds is 9. The third-order valence-electron chi connectivity index (χ3n) is 4.69. The molecular weight excluding hydrogens is 525 g/mol. The number of anilines is 3. The van der Waals surface area contributed by atoms with Gasteiger partial charge in [-0.05, 0) is 72.8 Å². The Labute approximate surface area is 211 Å². The molecule has 0 spiro atoms. The first kappa shape index (κ1) is 26.4. The van der Waals surface area contributed by atoms with Gasteiger partial charge in [-0.1, -0.05) is 0 Å². The minimum absolute atomic E-state index is 0.461. The molecule has 36 heavy (non-hydrogen) atoms. The van der Waals surface area contributed by atoms with Gasteiger partial charge in [-0.15, -0.1) is 0 Å². The fourth-order valence-electron chi connectivity index (χ4n) is 2.88. The van der Waals surface area contributed by atoms with E-state index in [4.69, 9.17) is 49.5 Å². The van der Waals surface area contributed by atoms with E-state index >= 15 is 0 Å². The van der Waals surface area contributed by atoms with Gasteiger partial charge in [0, 0.05) is 47.6 Å². The Morgan fingerprint density at radius 1 is 0.667 bits per heavy atom. The third kappa shape index (κ3) is 5.83. The number of nitrogens with two attached hydrogens (primary N) is 3. The Balaban J connectivity index is 1.81. The molecule has 0 fully saturated rings. The van der Waals surface area contributed by atoms with Crippen LogP contribution in [0, 0.1) is 0 Å². The first-order chi connectivity index (χ1) is 17.4. The van der Waals surface area contributed by atoms with Crippen molar-refractivity contribution in [1.82, 2.24) is 9.21 Å². The molecule has 2 atom stereocenters. The first-order valence-electron chi connectivity index (χ1n) is 10.5. The maximum absolute atomic E-state index is 6.42. The zero-order valence-corrected chi connectivity index (χ0v) is 22.5. The highest BCUT2D eigenvalue weighted by atomic mass is 31.3. The Morgan fingerprint density at radius 2 is 1.11 bits per heavy atom. The fraction of sp³-hybridized carbons (Fsp3) is 0.143. The van der Waals surface area contributed by atoms with Gasteiger partial charge >= 0.3 is 16.1 Å². The van der Waals surface area contributed by atoms with E-state index in [1.165, 1.54) is 30.5 Å². The summed E-state index contributed by atoms with van der Waals surface area (Å²) in [6.45, 7) is 0. The van der Waals surface area contributed by atoms with Crippen molar-refractivity contribution in [3.63, 3.8) is 0 Å². The second-order valence-corrected chi connectivity index (χ2v) is 13.2. The van der Waals surface area contributed by atoms with Gasteiger partial charge in [0.25, 0.3) is 8.45 Å². The van der Waals surface area contributed by atoms with Crippen molar-refractivity contribution in [2.75, 3.05) is 38.5 Å². The van der Waals surface area contributed by atoms with Gasteiger partial charge in [-0.25, -0.2) is 0 Å². The van der Waals surface area contributed by atoms with Crippen LogP contribution in [0.2, 0.25) is 0 Å². The van der Waals surface area contributed by atoms with E-state index in [2.05, 4.69) is 0 Å². The third-order valence-corrected chi connectivity index (χ3v) is 11.5. The van der Waals surface area contributed by atoms with Crippen molar-refractivity contribution in [3.8, 4) is 17.2 Å². The second kappa shape index (κ2) is 11.6. The van der Waals surface area contributed by atoms with E-state index in [0.29, 0.717) is 34.3 Å². The number of hydrogen-bond donors (Lipinski definition) is 3. The highest BCUT2D eigenvalue weighted by Gasteiger charge is 2.54. The molecular formula is C21H27N6O6P3. The topological polar surface area (TPSA) is 152 Å². The second-order valence-electron chi connectivity index (χ2n) is 7.12. The molecule has 1 heterocycles. The Hall–Kier alpha value is -2.65. The summed E-state index contributed by atoms with van der Waals surface area (Å²) in [7, 11) is -2.47. The zero-order valence-electron chi connectivity index (χ0n) is 19.8. The van der Waals surface area contributed by atoms with E-state index in [0.717, 1.165) is 0 Å². The van der Waals surface area contributed by atoms with Crippen molar-refractivity contribution < 1.29 is 27.8 Å². The minimum Gasteiger partial charge on any atom is -0.440 e. The molecule has 0 saturated carbocycles. The molecule has 6 N–H and O–H groups in total. The van der Waals surface area contributed by atoms with Gasteiger partial charge in [-0.2, -0.15) is 4.52 Å². The van der Waals surface area contributed by atoms with Gasteiger partial charge in [0.15, 0.2) is 0 Å². The van der Waals surface area contributed by atoms with Crippen molar-refractivity contribution in [3.05, 3.63) is 72.8 Å². The Morgan fingerprint density at radius 3 is 1.56 bits per heavy atom. The van der Waals surface area contributed by atoms with Crippen molar-refractivity contribution in [2.24, 2.45) is 4.52 Å². The lowest BCUT2D eigenvalue weighted by atomic mass is 10.3. The maximum Gasteiger partial charge on any atom is 0.338 e. The molecule has 1 aliphatic heterocycles. The van der Waals surface area contributed by atoms with Crippen LogP contribution in [0.1, 0.15) is 0 Å². The predicted octanol–water partition coefficient (Wildman–Crippen LogP) is 5.76. The zero-order chi connectivity index (χ0) is 25.7. The first-order valence-corrected chi connectivity index (χ1v) is 14.3.